The molecule has 32 heavy (non-hydrogen) atoms. The first-order valence-electron chi connectivity index (χ1n) is 10.7. The molecular weight excluding hydrogens is 404 g/mol. The Bertz CT molecular complexity index is 1160. The Morgan fingerprint density at radius 2 is 1.81 bits per heavy atom. The quantitative estimate of drug-likeness (QED) is 0.554. The number of ether oxygens (including phenoxy) is 3. The van der Waals surface area contributed by atoms with Crippen LogP contribution in [0.5, 0.6) is 17.4 Å². The summed E-state index contributed by atoms with van der Waals surface area (Å²) in [6.45, 7) is 6.69. The topological polar surface area (TPSA) is 106 Å². The number of allylic oxidation sites excluding steroid dienone is 1. The van der Waals surface area contributed by atoms with Gasteiger partial charge in [-0.2, -0.15) is 5.26 Å². The van der Waals surface area contributed by atoms with Gasteiger partial charge in [0.2, 0.25) is 11.8 Å². The summed E-state index contributed by atoms with van der Waals surface area (Å²) in [5.41, 5.74) is 9.79. The van der Waals surface area contributed by atoms with Crippen molar-refractivity contribution in [3.8, 4) is 34.7 Å². The zero-order valence-corrected chi connectivity index (χ0v) is 18.4. The van der Waals surface area contributed by atoms with E-state index in [-0.39, 0.29) is 12.0 Å². The third-order valence-electron chi connectivity index (χ3n) is 5.14. The minimum atomic E-state index is -0.415. The molecule has 0 amide bonds. The Balaban J connectivity index is 1.75. The second-order valence-corrected chi connectivity index (χ2v) is 7.85. The Morgan fingerprint density at radius 1 is 1.12 bits per heavy atom. The monoisotopic (exact) mass is 430 g/mol. The molecule has 1 aromatic heterocycles. The molecule has 1 aliphatic heterocycles. The molecule has 4 rings (SSSR count). The van der Waals surface area contributed by atoms with E-state index >= 15 is 0 Å². The number of fused-ring (bicyclic) bond motifs is 1. The van der Waals surface area contributed by atoms with E-state index in [2.05, 4.69) is 23.2 Å². The van der Waals surface area contributed by atoms with Gasteiger partial charge in [0, 0.05) is 5.56 Å². The lowest BCUT2D eigenvalue weighted by molar-refractivity contribution is 0.242. The fraction of sp³-hybridized carbons (Fsp3) is 0.280. The van der Waals surface area contributed by atoms with Crippen LogP contribution in [-0.4, -0.2) is 22.9 Å². The van der Waals surface area contributed by atoms with Crippen LogP contribution < -0.4 is 19.9 Å². The largest absolute Gasteiger partial charge is 0.494 e. The van der Waals surface area contributed by atoms with E-state index in [1.54, 1.807) is 0 Å². The highest BCUT2D eigenvalue weighted by Gasteiger charge is 2.35. The molecule has 0 aliphatic carbocycles. The van der Waals surface area contributed by atoms with E-state index in [1.807, 2.05) is 62.4 Å². The molecule has 2 heterocycles. The SMILES string of the molecule is CCCOc1ccc(-c2[nH]nc3c2C(c2ccc(OC(C)C)cc2)C(C#N)=C(N)O3)cc1. The molecule has 0 radical (unpaired) electrons. The van der Waals surface area contributed by atoms with Crippen LogP contribution in [0.3, 0.4) is 0 Å². The molecule has 3 aromatic rings. The van der Waals surface area contributed by atoms with Gasteiger partial charge in [0.05, 0.1) is 29.9 Å². The van der Waals surface area contributed by atoms with Crippen LogP contribution in [0.1, 0.15) is 44.2 Å². The number of H-pyrrole nitrogens is 1. The summed E-state index contributed by atoms with van der Waals surface area (Å²) >= 11 is 0. The molecule has 7 nitrogen and oxygen atoms in total. The molecule has 0 fully saturated rings. The van der Waals surface area contributed by atoms with Crippen LogP contribution in [0.2, 0.25) is 0 Å². The number of nitrogens with zero attached hydrogens (tertiary/aromatic N) is 2. The first-order chi connectivity index (χ1) is 15.5. The maximum Gasteiger partial charge on any atom is 0.244 e. The smallest absolute Gasteiger partial charge is 0.244 e. The molecule has 0 bridgehead atoms. The standard InChI is InChI=1S/C25H26N4O3/c1-4-13-30-18-9-7-17(8-10-18)23-22-21(16-5-11-19(12-6-16)31-15(2)3)20(14-26)24(27)32-25(22)29-28-23/h5-12,15,21H,4,13,27H2,1-3H3,(H,28,29). The van der Waals surface area contributed by atoms with Crippen LogP contribution in [0, 0.1) is 11.3 Å². The molecule has 0 spiro atoms. The van der Waals surface area contributed by atoms with Gasteiger partial charge in [-0.05, 0) is 62.2 Å². The number of hydrogen-bond donors (Lipinski definition) is 2. The molecular formula is C25H26N4O3. The minimum Gasteiger partial charge on any atom is -0.494 e. The summed E-state index contributed by atoms with van der Waals surface area (Å²) in [5, 5.41) is 17.3. The van der Waals surface area contributed by atoms with Crippen molar-refractivity contribution in [3.63, 3.8) is 0 Å². The third-order valence-corrected chi connectivity index (χ3v) is 5.14. The second kappa shape index (κ2) is 9.06. The summed E-state index contributed by atoms with van der Waals surface area (Å²) in [4.78, 5) is 0. The van der Waals surface area contributed by atoms with Crippen molar-refractivity contribution in [2.45, 2.75) is 39.2 Å². The third kappa shape index (κ3) is 4.12. The second-order valence-electron chi connectivity index (χ2n) is 7.85. The lowest BCUT2D eigenvalue weighted by Crippen LogP contribution is -2.21. The summed E-state index contributed by atoms with van der Waals surface area (Å²) in [5.74, 6) is 1.59. The number of aromatic nitrogens is 2. The van der Waals surface area contributed by atoms with Crippen molar-refractivity contribution in [1.82, 2.24) is 10.2 Å². The number of aromatic amines is 1. The summed E-state index contributed by atoms with van der Waals surface area (Å²) in [7, 11) is 0. The number of nitriles is 1. The molecule has 2 aromatic carbocycles. The predicted octanol–water partition coefficient (Wildman–Crippen LogP) is 4.87. The molecule has 0 saturated heterocycles. The van der Waals surface area contributed by atoms with Gasteiger partial charge in [0.15, 0.2) is 0 Å². The van der Waals surface area contributed by atoms with Crippen molar-refractivity contribution >= 4 is 0 Å². The van der Waals surface area contributed by atoms with E-state index in [1.165, 1.54) is 0 Å². The van der Waals surface area contributed by atoms with Crippen molar-refractivity contribution in [2.75, 3.05) is 6.61 Å². The summed E-state index contributed by atoms with van der Waals surface area (Å²) < 4.78 is 17.1. The van der Waals surface area contributed by atoms with Gasteiger partial charge < -0.3 is 19.9 Å². The van der Waals surface area contributed by atoms with Crippen LogP contribution >= 0.6 is 0 Å². The van der Waals surface area contributed by atoms with Crippen molar-refractivity contribution in [3.05, 3.63) is 71.1 Å². The summed E-state index contributed by atoms with van der Waals surface area (Å²) in [6, 6.07) is 17.7. The van der Waals surface area contributed by atoms with Crippen LogP contribution in [0.25, 0.3) is 11.3 Å². The Kier molecular flexibility index (Phi) is 6.04. The average molecular weight is 431 g/mol. The maximum absolute atomic E-state index is 9.87. The Hall–Kier alpha value is -3.92. The first-order valence-corrected chi connectivity index (χ1v) is 10.7. The average Bonchev–Trinajstić information content (AvgIpc) is 3.20. The number of hydrogen-bond acceptors (Lipinski definition) is 6. The van der Waals surface area contributed by atoms with Crippen molar-refractivity contribution in [1.29, 1.82) is 5.26 Å². The lowest BCUT2D eigenvalue weighted by atomic mass is 9.83. The number of nitrogens with one attached hydrogen (secondary N) is 1. The predicted molar refractivity (Wildman–Crippen MR) is 121 cm³/mol. The first kappa shape index (κ1) is 21.3. The lowest BCUT2D eigenvalue weighted by Gasteiger charge is -2.24. The van der Waals surface area contributed by atoms with Crippen LogP contribution in [0.4, 0.5) is 0 Å². The van der Waals surface area contributed by atoms with Gasteiger partial charge >= 0.3 is 0 Å². The highest BCUT2D eigenvalue weighted by molar-refractivity contribution is 5.71. The van der Waals surface area contributed by atoms with E-state index in [0.29, 0.717) is 18.1 Å². The minimum absolute atomic E-state index is 0.0638. The highest BCUT2D eigenvalue weighted by atomic mass is 16.5. The fourth-order valence-electron chi connectivity index (χ4n) is 3.75. The van der Waals surface area contributed by atoms with Crippen LogP contribution in [-0.2, 0) is 0 Å². The molecule has 1 aliphatic rings. The molecule has 1 atom stereocenters. The molecule has 164 valence electrons. The Labute approximate surface area is 187 Å². The van der Waals surface area contributed by atoms with Gasteiger partial charge in [-0.1, -0.05) is 19.1 Å². The zero-order valence-electron chi connectivity index (χ0n) is 18.4. The van der Waals surface area contributed by atoms with E-state index < -0.39 is 5.92 Å². The normalized spacial score (nSPS) is 15.2. The van der Waals surface area contributed by atoms with Crippen molar-refractivity contribution in [2.24, 2.45) is 5.73 Å². The number of rotatable bonds is 7. The van der Waals surface area contributed by atoms with Crippen LogP contribution in [0.15, 0.2) is 60.0 Å². The molecule has 0 saturated carbocycles. The molecule has 3 N–H and O–H groups in total. The van der Waals surface area contributed by atoms with Gasteiger partial charge in [-0.25, -0.2) is 0 Å². The highest BCUT2D eigenvalue weighted by Crippen LogP contribution is 2.45. The van der Waals surface area contributed by atoms with Gasteiger partial charge in [0.1, 0.15) is 23.1 Å². The van der Waals surface area contributed by atoms with E-state index in [0.717, 1.165) is 40.3 Å². The fourth-order valence-corrected chi connectivity index (χ4v) is 3.75. The van der Waals surface area contributed by atoms with E-state index in [4.69, 9.17) is 19.9 Å². The van der Waals surface area contributed by atoms with Gasteiger partial charge in [0.25, 0.3) is 0 Å². The van der Waals surface area contributed by atoms with Gasteiger partial charge in [-0.15, -0.1) is 5.10 Å². The maximum atomic E-state index is 9.87. The zero-order chi connectivity index (χ0) is 22.7. The van der Waals surface area contributed by atoms with E-state index in [9.17, 15) is 5.26 Å². The van der Waals surface area contributed by atoms with Gasteiger partial charge in [-0.3, -0.25) is 5.10 Å². The molecule has 7 heteroatoms. The van der Waals surface area contributed by atoms with Crippen molar-refractivity contribution < 1.29 is 14.2 Å². The summed E-state index contributed by atoms with van der Waals surface area (Å²) in [6.07, 6.45) is 1.02. The molecule has 1 unspecified atom stereocenters. The number of nitrogens with two attached hydrogens (primary N) is 1. The number of benzene rings is 2. The Morgan fingerprint density at radius 3 is 2.44 bits per heavy atom.